The van der Waals surface area contributed by atoms with Gasteiger partial charge in [0.25, 0.3) is 0 Å². The Bertz CT molecular complexity index is 577. The van der Waals surface area contributed by atoms with Gasteiger partial charge >= 0.3 is 0 Å². The molecule has 1 saturated heterocycles. The van der Waals surface area contributed by atoms with Gasteiger partial charge in [-0.25, -0.2) is 17.5 Å². The van der Waals surface area contributed by atoms with E-state index in [4.69, 9.17) is 5.73 Å². The molecule has 1 heterocycles. The molecule has 1 unspecified atom stereocenters. The lowest BCUT2D eigenvalue weighted by Crippen LogP contribution is -2.38. The third-order valence-corrected chi connectivity index (χ3v) is 5.22. The van der Waals surface area contributed by atoms with Crippen molar-refractivity contribution < 1.29 is 12.8 Å². The SMILES string of the molecule is CN1CCCC1CNS(=O)(=O)c1cc(F)ccc1CN. The van der Waals surface area contributed by atoms with Crippen LogP contribution < -0.4 is 10.5 Å². The number of nitrogens with two attached hydrogens (primary N) is 1. The van der Waals surface area contributed by atoms with Gasteiger partial charge in [-0.15, -0.1) is 0 Å². The second-order valence-electron chi connectivity index (χ2n) is 5.08. The van der Waals surface area contributed by atoms with Crippen molar-refractivity contribution in [3.05, 3.63) is 29.6 Å². The van der Waals surface area contributed by atoms with Crippen molar-refractivity contribution in [1.29, 1.82) is 0 Å². The Morgan fingerprint density at radius 1 is 1.50 bits per heavy atom. The summed E-state index contributed by atoms with van der Waals surface area (Å²) in [5.74, 6) is -0.583. The monoisotopic (exact) mass is 301 g/mol. The summed E-state index contributed by atoms with van der Waals surface area (Å²) in [6.07, 6.45) is 2.03. The number of rotatable bonds is 5. The Labute approximate surface area is 119 Å². The fraction of sp³-hybridized carbons (Fsp3) is 0.538. The van der Waals surface area contributed by atoms with Crippen molar-refractivity contribution in [3.8, 4) is 0 Å². The van der Waals surface area contributed by atoms with Crippen LogP contribution in [0, 0.1) is 5.82 Å². The van der Waals surface area contributed by atoms with Gasteiger partial charge < -0.3 is 10.6 Å². The molecule has 0 amide bonds. The predicted octanol–water partition coefficient (Wildman–Crippen LogP) is 0.657. The molecule has 3 N–H and O–H groups in total. The first kappa shape index (κ1) is 15.4. The summed E-state index contributed by atoms with van der Waals surface area (Å²) in [7, 11) is -1.76. The maximum absolute atomic E-state index is 13.3. The lowest BCUT2D eigenvalue weighted by molar-refractivity contribution is 0.311. The van der Waals surface area contributed by atoms with Crippen LogP contribution in [0.1, 0.15) is 18.4 Å². The van der Waals surface area contributed by atoms with E-state index in [9.17, 15) is 12.8 Å². The number of hydrogen-bond donors (Lipinski definition) is 2. The smallest absolute Gasteiger partial charge is 0.241 e. The maximum atomic E-state index is 13.3. The predicted molar refractivity (Wildman–Crippen MR) is 75.1 cm³/mol. The molecule has 1 atom stereocenters. The molecule has 1 fully saturated rings. The van der Waals surface area contributed by atoms with Gasteiger partial charge in [0.2, 0.25) is 10.0 Å². The number of nitrogens with one attached hydrogen (secondary N) is 1. The topological polar surface area (TPSA) is 75.4 Å². The van der Waals surface area contributed by atoms with Crippen molar-refractivity contribution >= 4 is 10.0 Å². The van der Waals surface area contributed by atoms with E-state index in [1.807, 2.05) is 7.05 Å². The van der Waals surface area contributed by atoms with Gasteiger partial charge in [-0.3, -0.25) is 0 Å². The highest BCUT2D eigenvalue weighted by atomic mass is 32.2. The molecule has 0 radical (unpaired) electrons. The molecule has 0 aliphatic carbocycles. The van der Waals surface area contributed by atoms with Gasteiger partial charge in [0.1, 0.15) is 5.82 Å². The first-order valence-electron chi connectivity index (χ1n) is 6.62. The molecule has 1 aromatic rings. The molecular formula is C13H20FN3O2S. The van der Waals surface area contributed by atoms with Crippen LogP contribution in [0.15, 0.2) is 23.1 Å². The molecule has 1 aliphatic heterocycles. The van der Waals surface area contributed by atoms with Crippen LogP contribution in [0.5, 0.6) is 0 Å². The third-order valence-electron chi connectivity index (χ3n) is 3.72. The van der Waals surface area contributed by atoms with Gasteiger partial charge in [-0.2, -0.15) is 0 Å². The number of sulfonamides is 1. The Balaban J connectivity index is 2.15. The lowest BCUT2D eigenvalue weighted by atomic mass is 10.2. The highest BCUT2D eigenvalue weighted by molar-refractivity contribution is 7.89. The van der Waals surface area contributed by atoms with Crippen LogP contribution in [0.4, 0.5) is 4.39 Å². The number of halogens is 1. The minimum Gasteiger partial charge on any atom is -0.326 e. The first-order valence-corrected chi connectivity index (χ1v) is 8.11. The minimum absolute atomic E-state index is 0.0554. The Hall–Kier alpha value is -1.02. The van der Waals surface area contributed by atoms with Crippen LogP contribution in [0.25, 0.3) is 0 Å². The second-order valence-corrected chi connectivity index (χ2v) is 6.82. The molecule has 0 bridgehead atoms. The van der Waals surface area contributed by atoms with Crippen molar-refractivity contribution in [2.24, 2.45) is 5.73 Å². The quantitative estimate of drug-likeness (QED) is 0.837. The van der Waals surface area contributed by atoms with Gasteiger partial charge in [0.15, 0.2) is 0 Å². The average Bonchev–Trinajstić information content (AvgIpc) is 2.82. The average molecular weight is 301 g/mol. The van der Waals surface area contributed by atoms with E-state index in [0.29, 0.717) is 12.1 Å². The Morgan fingerprint density at radius 2 is 2.25 bits per heavy atom. The summed E-state index contributed by atoms with van der Waals surface area (Å²) < 4.78 is 40.4. The van der Waals surface area contributed by atoms with Crippen molar-refractivity contribution in [2.45, 2.75) is 30.3 Å². The summed E-state index contributed by atoms with van der Waals surface area (Å²) in [5.41, 5.74) is 5.93. The van der Waals surface area contributed by atoms with Gasteiger partial charge in [-0.05, 0) is 44.1 Å². The highest BCUT2D eigenvalue weighted by Gasteiger charge is 2.24. The molecule has 1 aromatic carbocycles. The Morgan fingerprint density at radius 3 is 2.85 bits per heavy atom. The number of benzene rings is 1. The van der Waals surface area contributed by atoms with E-state index in [0.717, 1.165) is 25.5 Å². The third kappa shape index (κ3) is 3.35. The van der Waals surface area contributed by atoms with E-state index in [-0.39, 0.29) is 17.5 Å². The summed E-state index contributed by atoms with van der Waals surface area (Å²) in [6.45, 7) is 1.36. The zero-order chi connectivity index (χ0) is 14.8. The van der Waals surface area contributed by atoms with Crippen LogP contribution in [0.2, 0.25) is 0 Å². The largest absolute Gasteiger partial charge is 0.326 e. The summed E-state index contributed by atoms with van der Waals surface area (Å²) in [6, 6.07) is 3.83. The molecule has 2 rings (SSSR count). The molecule has 1 aliphatic rings. The summed E-state index contributed by atoms with van der Waals surface area (Å²) >= 11 is 0. The van der Waals surface area contributed by atoms with Crippen molar-refractivity contribution in [1.82, 2.24) is 9.62 Å². The fourth-order valence-corrected chi connectivity index (χ4v) is 3.80. The first-order chi connectivity index (χ1) is 9.44. The molecule has 5 nitrogen and oxygen atoms in total. The maximum Gasteiger partial charge on any atom is 0.241 e. The number of likely N-dealkylation sites (N-methyl/N-ethyl adjacent to an activating group) is 1. The molecular weight excluding hydrogens is 281 g/mol. The van der Waals surface area contributed by atoms with Crippen molar-refractivity contribution in [3.63, 3.8) is 0 Å². The zero-order valence-corrected chi connectivity index (χ0v) is 12.3. The molecule has 7 heteroatoms. The zero-order valence-electron chi connectivity index (χ0n) is 11.5. The number of likely N-dealkylation sites (tertiary alicyclic amines) is 1. The fourth-order valence-electron chi connectivity index (χ4n) is 2.47. The number of hydrogen-bond acceptors (Lipinski definition) is 4. The highest BCUT2D eigenvalue weighted by Crippen LogP contribution is 2.18. The van der Waals surface area contributed by atoms with Gasteiger partial charge in [0, 0.05) is 19.1 Å². The van der Waals surface area contributed by atoms with Gasteiger partial charge in [-0.1, -0.05) is 6.07 Å². The van der Waals surface area contributed by atoms with E-state index in [1.54, 1.807) is 0 Å². The Kier molecular flexibility index (Phi) is 4.74. The van der Waals surface area contributed by atoms with Crippen molar-refractivity contribution in [2.75, 3.05) is 20.1 Å². The summed E-state index contributed by atoms with van der Waals surface area (Å²) in [4.78, 5) is 2.05. The number of nitrogens with zero attached hydrogens (tertiary/aromatic N) is 1. The molecule has 112 valence electrons. The molecule has 0 saturated carbocycles. The van der Waals surface area contributed by atoms with Crippen LogP contribution >= 0.6 is 0 Å². The van der Waals surface area contributed by atoms with Crippen LogP contribution in [-0.4, -0.2) is 39.5 Å². The molecule has 20 heavy (non-hydrogen) atoms. The van der Waals surface area contributed by atoms with E-state index >= 15 is 0 Å². The van der Waals surface area contributed by atoms with E-state index < -0.39 is 15.8 Å². The normalized spacial score (nSPS) is 20.4. The van der Waals surface area contributed by atoms with Crippen LogP contribution in [0.3, 0.4) is 0 Å². The van der Waals surface area contributed by atoms with Crippen LogP contribution in [-0.2, 0) is 16.6 Å². The van der Waals surface area contributed by atoms with E-state index in [1.165, 1.54) is 12.1 Å². The minimum atomic E-state index is -3.73. The summed E-state index contributed by atoms with van der Waals surface area (Å²) in [5, 5.41) is 0. The molecule has 0 spiro atoms. The lowest BCUT2D eigenvalue weighted by Gasteiger charge is -2.20. The second kappa shape index (κ2) is 6.17. The van der Waals surface area contributed by atoms with E-state index in [2.05, 4.69) is 9.62 Å². The molecule has 0 aromatic heterocycles. The standard InChI is InChI=1S/C13H20FN3O2S/c1-17-6-2-3-12(17)9-16-20(18,19)13-7-11(14)5-4-10(13)8-15/h4-5,7,12,16H,2-3,6,8-9,15H2,1H3. The van der Waals surface area contributed by atoms with Gasteiger partial charge in [0.05, 0.1) is 4.90 Å².